The summed E-state index contributed by atoms with van der Waals surface area (Å²) >= 11 is 0. The Kier molecular flexibility index (Phi) is 2.93. The smallest absolute Gasteiger partial charge is 0.171 e. The van der Waals surface area contributed by atoms with Gasteiger partial charge in [-0.25, -0.2) is 0 Å². The molecule has 3 aromatic rings. The molecule has 0 N–H and O–H groups in total. The van der Waals surface area contributed by atoms with Crippen molar-refractivity contribution in [3.05, 3.63) is 59.7 Å². The average Bonchev–Trinajstić information content (AvgIpc) is 2.53. The van der Waals surface area contributed by atoms with E-state index in [1.807, 2.05) is 42.5 Å². The van der Waals surface area contributed by atoms with Crippen LogP contribution in [0.4, 0.5) is 13.2 Å². The molecular weight excluding hydrogens is 285 g/mol. The van der Waals surface area contributed by atoms with Crippen molar-refractivity contribution in [2.45, 2.75) is 25.4 Å². The Morgan fingerprint density at radius 2 is 1.59 bits per heavy atom. The van der Waals surface area contributed by atoms with E-state index in [1.165, 1.54) is 0 Å². The van der Waals surface area contributed by atoms with Crippen LogP contribution in [-0.2, 0) is 12.8 Å². The topological polar surface area (TPSA) is 0 Å². The zero-order chi connectivity index (χ0) is 15.3. The second-order valence-electron chi connectivity index (χ2n) is 6.07. The molecule has 0 aliphatic heterocycles. The van der Waals surface area contributed by atoms with Gasteiger partial charge in [0.1, 0.15) is 0 Å². The lowest BCUT2D eigenvalue weighted by Crippen LogP contribution is -2.29. The summed E-state index contributed by atoms with van der Waals surface area (Å²) in [5, 5.41) is 4.26. The lowest BCUT2D eigenvalue weighted by molar-refractivity contribution is -0.176. The van der Waals surface area contributed by atoms with Crippen molar-refractivity contribution >= 4 is 21.5 Å². The molecule has 0 bridgehead atoms. The first kappa shape index (κ1) is 13.6. The quantitative estimate of drug-likeness (QED) is 0.470. The molecule has 0 aromatic heterocycles. The van der Waals surface area contributed by atoms with Gasteiger partial charge in [-0.05, 0) is 51.9 Å². The van der Waals surface area contributed by atoms with Crippen molar-refractivity contribution in [3.8, 4) is 0 Å². The highest BCUT2D eigenvalue weighted by Gasteiger charge is 2.41. The molecule has 0 saturated heterocycles. The Morgan fingerprint density at radius 1 is 0.818 bits per heavy atom. The van der Waals surface area contributed by atoms with E-state index in [1.54, 1.807) is 0 Å². The lowest BCUT2D eigenvalue weighted by atomic mass is 9.80. The normalized spacial score (nSPS) is 18.6. The minimum absolute atomic E-state index is 0.106. The third kappa shape index (κ3) is 2.07. The Hall–Kier alpha value is -2.03. The van der Waals surface area contributed by atoms with Crippen molar-refractivity contribution in [1.82, 2.24) is 0 Å². The molecule has 0 radical (unpaired) electrons. The summed E-state index contributed by atoms with van der Waals surface area (Å²) in [4.78, 5) is 0. The van der Waals surface area contributed by atoms with Crippen molar-refractivity contribution < 1.29 is 13.2 Å². The lowest BCUT2D eigenvalue weighted by Gasteiger charge is -2.27. The molecule has 22 heavy (non-hydrogen) atoms. The van der Waals surface area contributed by atoms with Crippen LogP contribution < -0.4 is 0 Å². The predicted molar refractivity (Wildman–Crippen MR) is 83.0 cm³/mol. The van der Waals surface area contributed by atoms with Gasteiger partial charge in [-0.2, -0.15) is 13.2 Å². The number of hydrogen-bond acceptors (Lipinski definition) is 0. The van der Waals surface area contributed by atoms with Gasteiger partial charge < -0.3 is 0 Å². The van der Waals surface area contributed by atoms with E-state index in [0.717, 1.165) is 32.7 Å². The standard InChI is InChI=1S/C19H15F3/c20-19(21,22)14-8-5-13-7-9-16-15-4-2-1-3-12(15)6-10-17(16)18(13)11-14/h1-4,6-7,9-10,14H,5,8,11H2. The van der Waals surface area contributed by atoms with Gasteiger partial charge in [0.25, 0.3) is 0 Å². The maximum absolute atomic E-state index is 13.1. The molecule has 1 unspecified atom stereocenters. The molecule has 0 heterocycles. The molecule has 0 saturated carbocycles. The van der Waals surface area contributed by atoms with Crippen LogP contribution in [-0.4, -0.2) is 6.18 Å². The number of halogens is 3. The van der Waals surface area contributed by atoms with Gasteiger partial charge in [0.2, 0.25) is 0 Å². The maximum Gasteiger partial charge on any atom is 0.392 e. The number of rotatable bonds is 0. The fourth-order valence-electron chi connectivity index (χ4n) is 3.63. The highest BCUT2D eigenvalue weighted by Crippen LogP contribution is 2.40. The third-order valence-electron chi connectivity index (χ3n) is 4.81. The highest BCUT2D eigenvalue weighted by molar-refractivity contribution is 6.08. The molecule has 1 atom stereocenters. The molecule has 0 nitrogen and oxygen atoms in total. The first-order chi connectivity index (χ1) is 10.5. The van der Waals surface area contributed by atoms with Crippen molar-refractivity contribution in [2.24, 2.45) is 5.92 Å². The third-order valence-corrected chi connectivity index (χ3v) is 4.81. The molecule has 3 aromatic carbocycles. The Balaban J connectivity index is 1.95. The highest BCUT2D eigenvalue weighted by atomic mass is 19.4. The summed E-state index contributed by atoms with van der Waals surface area (Å²) in [6.45, 7) is 0. The van der Waals surface area contributed by atoms with Gasteiger partial charge in [0.15, 0.2) is 0 Å². The van der Waals surface area contributed by atoms with Crippen LogP contribution in [0.2, 0.25) is 0 Å². The summed E-state index contributed by atoms with van der Waals surface area (Å²) in [6.07, 6.45) is -3.27. The van der Waals surface area contributed by atoms with Crippen molar-refractivity contribution in [2.75, 3.05) is 0 Å². The zero-order valence-corrected chi connectivity index (χ0v) is 12.0. The molecule has 0 fully saturated rings. The number of aryl methyl sites for hydroxylation is 1. The summed E-state index contributed by atoms with van der Waals surface area (Å²) < 4.78 is 39.3. The minimum Gasteiger partial charge on any atom is -0.171 e. The number of fused-ring (bicyclic) bond motifs is 5. The minimum atomic E-state index is -4.10. The monoisotopic (exact) mass is 300 g/mol. The molecular formula is C19H15F3. The van der Waals surface area contributed by atoms with E-state index in [0.29, 0.717) is 6.42 Å². The van der Waals surface area contributed by atoms with Crippen LogP contribution in [0.5, 0.6) is 0 Å². The summed E-state index contributed by atoms with van der Waals surface area (Å²) in [7, 11) is 0. The summed E-state index contributed by atoms with van der Waals surface area (Å²) in [5.41, 5.74) is 1.96. The van der Waals surface area contributed by atoms with Crippen LogP contribution >= 0.6 is 0 Å². The van der Waals surface area contributed by atoms with Gasteiger partial charge >= 0.3 is 6.18 Å². The van der Waals surface area contributed by atoms with Crippen LogP contribution in [0.3, 0.4) is 0 Å². The van der Waals surface area contributed by atoms with Gasteiger partial charge in [-0.3, -0.25) is 0 Å². The van der Waals surface area contributed by atoms with Crippen molar-refractivity contribution in [1.29, 1.82) is 0 Å². The molecule has 4 rings (SSSR count). The van der Waals surface area contributed by atoms with Gasteiger partial charge in [0.05, 0.1) is 5.92 Å². The molecule has 3 heteroatoms. The second-order valence-corrected chi connectivity index (χ2v) is 6.07. The first-order valence-corrected chi connectivity index (χ1v) is 7.53. The van der Waals surface area contributed by atoms with E-state index in [2.05, 4.69) is 6.07 Å². The van der Waals surface area contributed by atoms with E-state index in [4.69, 9.17) is 0 Å². The fraction of sp³-hybridized carbons (Fsp3) is 0.263. The Labute approximate surface area is 126 Å². The fourth-order valence-corrected chi connectivity index (χ4v) is 3.63. The molecule has 0 amide bonds. The predicted octanol–water partition coefficient (Wildman–Crippen LogP) is 5.66. The van der Waals surface area contributed by atoms with Gasteiger partial charge in [0, 0.05) is 0 Å². The number of benzene rings is 3. The summed E-state index contributed by atoms with van der Waals surface area (Å²) in [6, 6.07) is 16.1. The first-order valence-electron chi connectivity index (χ1n) is 7.53. The van der Waals surface area contributed by atoms with E-state index in [9.17, 15) is 13.2 Å². The van der Waals surface area contributed by atoms with Gasteiger partial charge in [-0.15, -0.1) is 0 Å². The van der Waals surface area contributed by atoms with E-state index in [-0.39, 0.29) is 12.8 Å². The number of hydrogen-bond donors (Lipinski definition) is 0. The van der Waals surface area contributed by atoms with Crippen LogP contribution in [0.15, 0.2) is 48.5 Å². The maximum atomic E-state index is 13.1. The van der Waals surface area contributed by atoms with Crippen LogP contribution in [0.25, 0.3) is 21.5 Å². The zero-order valence-electron chi connectivity index (χ0n) is 12.0. The second kappa shape index (κ2) is 4.73. The van der Waals surface area contributed by atoms with Crippen LogP contribution in [0.1, 0.15) is 17.5 Å². The van der Waals surface area contributed by atoms with E-state index < -0.39 is 12.1 Å². The van der Waals surface area contributed by atoms with Gasteiger partial charge in [-0.1, -0.05) is 48.5 Å². The Bertz CT molecular complexity index is 862. The van der Waals surface area contributed by atoms with Crippen molar-refractivity contribution in [3.63, 3.8) is 0 Å². The largest absolute Gasteiger partial charge is 0.392 e. The molecule has 1 aliphatic rings. The Morgan fingerprint density at radius 3 is 2.41 bits per heavy atom. The molecule has 1 aliphatic carbocycles. The molecule has 0 spiro atoms. The number of alkyl halides is 3. The average molecular weight is 300 g/mol. The van der Waals surface area contributed by atoms with Crippen LogP contribution in [0, 0.1) is 5.92 Å². The van der Waals surface area contributed by atoms with E-state index >= 15 is 0 Å². The molecule has 112 valence electrons. The SMILES string of the molecule is FC(F)(F)C1CCc2ccc3c(ccc4ccccc43)c2C1. The summed E-state index contributed by atoms with van der Waals surface area (Å²) in [5.74, 6) is -1.21.